The standard InChI is InChI=1S/C14H16BrNO4/c1-3-4-7-20-13-8-10(16-14(18)19-2)5-6-11(13)12(17)9-15/h3,5-6,8H,1,4,7,9H2,2H3,(H,16,18). The Morgan fingerprint density at radius 3 is 2.80 bits per heavy atom. The van der Waals surface area contributed by atoms with Crippen LogP contribution >= 0.6 is 15.9 Å². The summed E-state index contributed by atoms with van der Waals surface area (Å²) in [6.07, 6.45) is 1.81. The predicted molar refractivity (Wildman–Crippen MR) is 80.9 cm³/mol. The Balaban J connectivity index is 2.97. The molecule has 0 atom stereocenters. The highest BCUT2D eigenvalue weighted by Crippen LogP contribution is 2.25. The second-order valence-electron chi connectivity index (χ2n) is 3.81. The summed E-state index contributed by atoms with van der Waals surface area (Å²) in [5, 5.41) is 2.73. The van der Waals surface area contributed by atoms with Gasteiger partial charge in [-0.05, 0) is 18.6 Å². The van der Waals surface area contributed by atoms with Gasteiger partial charge < -0.3 is 9.47 Å². The van der Waals surface area contributed by atoms with Crippen LogP contribution in [0, 0.1) is 0 Å². The number of alkyl halides is 1. The number of ketones is 1. The van der Waals surface area contributed by atoms with E-state index < -0.39 is 6.09 Å². The lowest BCUT2D eigenvalue weighted by atomic mass is 10.1. The first-order chi connectivity index (χ1) is 9.62. The maximum Gasteiger partial charge on any atom is 0.411 e. The van der Waals surface area contributed by atoms with Crippen molar-refractivity contribution in [3.8, 4) is 5.75 Å². The molecule has 6 heteroatoms. The zero-order valence-corrected chi connectivity index (χ0v) is 12.7. The molecule has 1 rings (SSSR count). The van der Waals surface area contributed by atoms with Crippen molar-refractivity contribution < 1.29 is 19.1 Å². The van der Waals surface area contributed by atoms with E-state index in [4.69, 9.17) is 4.74 Å². The molecule has 1 N–H and O–H groups in total. The van der Waals surface area contributed by atoms with Crippen molar-refractivity contribution in [1.29, 1.82) is 0 Å². The van der Waals surface area contributed by atoms with Crippen LogP contribution in [0.15, 0.2) is 30.9 Å². The molecule has 0 bridgehead atoms. The SMILES string of the molecule is C=CCCOc1cc(NC(=O)OC)ccc1C(=O)CBr. The normalized spacial score (nSPS) is 9.70. The van der Waals surface area contributed by atoms with Crippen LogP contribution in [0.2, 0.25) is 0 Å². The van der Waals surface area contributed by atoms with Gasteiger partial charge in [-0.3, -0.25) is 10.1 Å². The minimum absolute atomic E-state index is 0.0942. The number of carbonyl (C=O) groups is 2. The van der Waals surface area contributed by atoms with Crippen molar-refractivity contribution in [1.82, 2.24) is 0 Å². The first-order valence-corrected chi connectivity index (χ1v) is 7.06. The van der Waals surface area contributed by atoms with Crippen LogP contribution in [-0.2, 0) is 4.74 Å². The Morgan fingerprint density at radius 1 is 1.45 bits per heavy atom. The molecule has 20 heavy (non-hydrogen) atoms. The number of methoxy groups -OCH3 is 1. The second kappa shape index (κ2) is 8.37. The molecule has 108 valence electrons. The highest BCUT2D eigenvalue weighted by Gasteiger charge is 2.13. The van der Waals surface area contributed by atoms with Crippen LogP contribution in [0.5, 0.6) is 5.75 Å². The van der Waals surface area contributed by atoms with Gasteiger partial charge in [-0.2, -0.15) is 0 Å². The van der Waals surface area contributed by atoms with E-state index in [1.54, 1.807) is 24.3 Å². The summed E-state index contributed by atoms with van der Waals surface area (Å²) >= 11 is 3.13. The fourth-order valence-corrected chi connectivity index (χ4v) is 1.75. The molecule has 5 nitrogen and oxygen atoms in total. The molecular weight excluding hydrogens is 326 g/mol. The van der Waals surface area contributed by atoms with E-state index in [0.717, 1.165) is 0 Å². The van der Waals surface area contributed by atoms with Gasteiger partial charge in [-0.25, -0.2) is 4.79 Å². The molecule has 1 aromatic rings. The summed E-state index contributed by atoms with van der Waals surface area (Å²) in [5.41, 5.74) is 0.956. The number of hydrogen-bond acceptors (Lipinski definition) is 4. The predicted octanol–water partition coefficient (Wildman–Crippen LogP) is 3.40. The van der Waals surface area contributed by atoms with E-state index in [0.29, 0.717) is 30.0 Å². The summed E-state index contributed by atoms with van der Waals surface area (Å²) in [5.74, 6) is 0.327. The molecule has 0 radical (unpaired) electrons. The summed E-state index contributed by atoms with van der Waals surface area (Å²) in [4.78, 5) is 23.0. The van der Waals surface area contributed by atoms with Crippen molar-refractivity contribution in [2.45, 2.75) is 6.42 Å². The van der Waals surface area contributed by atoms with E-state index in [2.05, 4.69) is 32.6 Å². The summed E-state index contributed by atoms with van der Waals surface area (Å²) in [6, 6.07) is 4.82. The Bertz CT molecular complexity index is 502. The third-order valence-electron chi connectivity index (χ3n) is 2.41. The molecule has 0 fully saturated rings. The van der Waals surface area contributed by atoms with Gasteiger partial charge in [0.1, 0.15) is 5.75 Å². The number of hydrogen-bond donors (Lipinski definition) is 1. The first-order valence-electron chi connectivity index (χ1n) is 5.94. The quantitative estimate of drug-likeness (QED) is 0.357. The molecule has 0 unspecified atom stereocenters. The van der Waals surface area contributed by atoms with E-state index in [-0.39, 0.29) is 11.1 Å². The summed E-state index contributed by atoms with van der Waals surface area (Å²) in [7, 11) is 1.28. The van der Waals surface area contributed by atoms with Crippen molar-refractivity contribution in [2.24, 2.45) is 0 Å². The lowest BCUT2D eigenvalue weighted by molar-refractivity contribution is 0.102. The Hall–Kier alpha value is -1.82. The molecule has 1 amide bonds. The van der Waals surface area contributed by atoms with Crippen LogP contribution in [0.4, 0.5) is 10.5 Å². The Kier molecular flexibility index (Phi) is 6.79. The number of ether oxygens (including phenoxy) is 2. The van der Waals surface area contributed by atoms with Crippen molar-refractivity contribution in [2.75, 3.05) is 24.4 Å². The highest BCUT2D eigenvalue weighted by atomic mass is 79.9. The summed E-state index contributed by atoms with van der Waals surface area (Å²) < 4.78 is 10.1. The molecule has 0 aliphatic rings. The van der Waals surface area contributed by atoms with Gasteiger partial charge in [0.15, 0.2) is 5.78 Å². The maximum atomic E-state index is 11.8. The van der Waals surface area contributed by atoms with Crippen molar-refractivity contribution in [3.05, 3.63) is 36.4 Å². The minimum atomic E-state index is -0.582. The van der Waals surface area contributed by atoms with Gasteiger partial charge in [0.05, 0.1) is 24.6 Å². The number of benzene rings is 1. The van der Waals surface area contributed by atoms with Crippen LogP contribution in [-0.4, -0.2) is 30.9 Å². The average Bonchev–Trinajstić information content (AvgIpc) is 2.47. The van der Waals surface area contributed by atoms with E-state index >= 15 is 0 Å². The van der Waals surface area contributed by atoms with Gasteiger partial charge in [-0.1, -0.05) is 22.0 Å². The first kappa shape index (κ1) is 16.2. The number of halogens is 1. The monoisotopic (exact) mass is 341 g/mol. The number of rotatable bonds is 7. The van der Waals surface area contributed by atoms with Crippen LogP contribution in [0.1, 0.15) is 16.8 Å². The van der Waals surface area contributed by atoms with Crippen molar-refractivity contribution in [3.63, 3.8) is 0 Å². The molecule has 0 saturated heterocycles. The molecular formula is C14H16BrNO4. The van der Waals surface area contributed by atoms with E-state index in [1.165, 1.54) is 7.11 Å². The fraction of sp³-hybridized carbons (Fsp3) is 0.286. The Labute approximate surface area is 126 Å². The third kappa shape index (κ3) is 4.70. The number of anilines is 1. The second-order valence-corrected chi connectivity index (χ2v) is 4.37. The molecule has 0 aliphatic carbocycles. The molecule has 0 aliphatic heterocycles. The molecule has 0 saturated carbocycles. The lowest BCUT2D eigenvalue weighted by Crippen LogP contribution is -2.12. The number of carbonyl (C=O) groups excluding carboxylic acids is 2. The molecule has 1 aromatic carbocycles. The van der Waals surface area contributed by atoms with Gasteiger partial charge in [0.2, 0.25) is 0 Å². The largest absolute Gasteiger partial charge is 0.492 e. The molecule has 0 aromatic heterocycles. The fourth-order valence-electron chi connectivity index (χ4n) is 1.44. The van der Waals surface area contributed by atoms with Gasteiger partial charge in [0, 0.05) is 11.8 Å². The van der Waals surface area contributed by atoms with Gasteiger partial charge in [0.25, 0.3) is 0 Å². The van der Waals surface area contributed by atoms with Crippen molar-refractivity contribution >= 4 is 33.5 Å². The zero-order chi connectivity index (χ0) is 15.0. The topological polar surface area (TPSA) is 64.6 Å². The van der Waals surface area contributed by atoms with Gasteiger partial charge in [-0.15, -0.1) is 6.58 Å². The van der Waals surface area contributed by atoms with E-state index in [1.807, 2.05) is 0 Å². The molecule has 0 heterocycles. The Morgan fingerprint density at radius 2 is 2.20 bits per heavy atom. The zero-order valence-electron chi connectivity index (χ0n) is 11.1. The minimum Gasteiger partial charge on any atom is -0.492 e. The maximum absolute atomic E-state index is 11.8. The molecule has 0 spiro atoms. The van der Waals surface area contributed by atoms with E-state index in [9.17, 15) is 9.59 Å². The van der Waals surface area contributed by atoms with Crippen LogP contribution in [0.3, 0.4) is 0 Å². The van der Waals surface area contributed by atoms with Gasteiger partial charge >= 0.3 is 6.09 Å². The number of nitrogens with one attached hydrogen (secondary N) is 1. The van der Waals surface area contributed by atoms with Crippen LogP contribution in [0.25, 0.3) is 0 Å². The average molecular weight is 342 g/mol. The third-order valence-corrected chi connectivity index (χ3v) is 2.92. The number of Topliss-reactive ketones (excluding diaryl/α,β-unsaturated/α-hetero) is 1. The lowest BCUT2D eigenvalue weighted by Gasteiger charge is -2.12. The number of amides is 1. The summed E-state index contributed by atoms with van der Waals surface area (Å²) in [6.45, 7) is 4.02. The smallest absolute Gasteiger partial charge is 0.411 e. The van der Waals surface area contributed by atoms with Crippen LogP contribution < -0.4 is 10.1 Å². The highest BCUT2D eigenvalue weighted by molar-refractivity contribution is 9.09.